The van der Waals surface area contributed by atoms with Gasteiger partial charge in [-0.05, 0) is 18.9 Å². The van der Waals surface area contributed by atoms with E-state index in [4.69, 9.17) is 25.8 Å². The molecule has 0 radical (unpaired) electrons. The van der Waals surface area contributed by atoms with E-state index in [2.05, 4.69) is 20.9 Å². The minimum absolute atomic E-state index is 0.138. The molecule has 0 aliphatic carbocycles. The summed E-state index contributed by atoms with van der Waals surface area (Å²) >= 11 is 6.35. The van der Waals surface area contributed by atoms with Crippen LogP contribution in [0.2, 0.25) is 5.02 Å². The molecular weight excluding hydrogens is 330 g/mol. The smallest absolute Gasteiger partial charge is 0.318 e. The van der Waals surface area contributed by atoms with E-state index in [1.807, 2.05) is 12.1 Å². The Hall–Kier alpha value is -2.21. The highest BCUT2D eigenvalue weighted by Gasteiger charge is 2.32. The fraction of sp³-hybridized carbons (Fsp3) is 0.412. The molecule has 2 aliphatic rings. The van der Waals surface area contributed by atoms with Crippen LogP contribution in [0.1, 0.15) is 24.4 Å². The van der Waals surface area contributed by atoms with Gasteiger partial charge in [0.05, 0.1) is 19.3 Å². The summed E-state index contributed by atoms with van der Waals surface area (Å²) in [6, 6.07) is 6.48. The quantitative estimate of drug-likeness (QED) is 0.849. The number of fused-ring (bicyclic) bond motifs is 1. The van der Waals surface area contributed by atoms with E-state index in [0.29, 0.717) is 30.1 Å². The molecule has 1 aromatic carbocycles. The summed E-state index contributed by atoms with van der Waals surface area (Å²) in [4.78, 5) is 10.7. The van der Waals surface area contributed by atoms with Crippen LogP contribution in [0.4, 0.5) is 5.82 Å². The summed E-state index contributed by atoms with van der Waals surface area (Å²) in [5, 5.41) is 0.518. The number of methoxy groups -OCH3 is 1. The average Bonchev–Trinajstić information content (AvgIpc) is 3.11. The lowest BCUT2D eigenvalue weighted by Crippen LogP contribution is -2.26. The maximum absolute atomic E-state index is 6.35. The minimum Gasteiger partial charge on any atom is -0.486 e. The second kappa shape index (κ2) is 6.36. The van der Waals surface area contributed by atoms with Gasteiger partial charge in [-0.25, -0.2) is 4.98 Å². The monoisotopic (exact) mass is 347 g/mol. The number of hydrogen-bond acceptors (Lipinski definition) is 6. The molecule has 1 aromatic heterocycles. The summed E-state index contributed by atoms with van der Waals surface area (Å²) in [6.07, 6.45) is 3.64. The minimum atomic E-state index is 0.138. The van der Waals surface area contributed by atoms with Gasteiger partial charge in [0.2, 0.25) is 0 Å². The van der Waals surface area contributed by atoms with E-state index in [1.165, 1.54) is 0 Å². The predicted molar refractivity (Wildman–Crippen MR) is 90.3 cm³/mol. The van der Waals surface area contributed by atoms with E-state index in [-0.39, 0.29) is 6.04 Å². The Labute approximate surface area is 145 Å². The zero-order valence-corrected chi connectivity index (χ0v) is 14.1. The molecule has 4 rings (SSSR count). The molecule has 0 spiro atoms. The van der Waals surface area contributed by atoms with Crippen molar-refractivity contribution in [2.75, 3.05) is 31.8 Å². The van der Waals surface area contributed by atoms with Gasteiger partial charge in [-0.15, -0.1) is 0 Å². The van der Waals surface area contributed by atoms with Gasteiger partial charge in [0.15, 0.2) is 17.3 Å². The fourth-order valence-electron chi connectivity index (χ4n) is 3.34. The number of nitrogens with zero attached hydrogens (tertiary/aromatic N) is 3. The van der Waals surface area contributed by atoms with Crippen LogP contribution in [0.15, 0.2) is 24.4 Å². The van der Waals surface area contributed by atoms with Gasteiger partial charge in [-0.2, -0.15) is 4.98 Å². The van der Waals surface area contributed by atoms with E-state index >= 15 is 0 Å². The highest BCUT2D eigenvalue weighted by molar-refractivity contribution is 6.32. The van der Waals surface area contributed by atoms with Crippen molar-refractivity contribution in [2.24, 2.45) is 0 Å². The van der Waals surface area contributed by atoms with Crippen LogP contribution in [-0.2, 0) is 0 Å². The SMILES string of the molecule is COc1ncc(Cl)c(N2CCCC2c2cccc3c2OCCO3)n1. The van der Waals surface area contributed by atoms with Gasteiger partial charge < -0.3 is 19.1 Å². The van der Waals surface area contributed by atoms with Crippen molar-refractivity contribution >= 4 is 17.4 Å². The summed E-state index contributed by atoms with van der Waals surface area (Å²) in [6.45, 7) is 2.02. The molecule has 2 aliphatic heterocycles. The third-order valence-corrected chi connectivity index (χ3v) is 4.63. The van der Waals surface area contributed by atoms with Crippen LogP contribution >= 0.6 is 11.6 Å². The van der Waals surface area contributed by atoms with E-state index in [0.717, 1.165) is 36.4 Å². The molecule has 0 N–H and O–H groups in total. The van der Waals surface area contributed by atoms with Crippen LogP contribution in [0.5, 0.6) is 17.5 Å². The molecule has 1 saturated heterocycles. The fourth-order valence-corrected chi connectivity index (χ4v) is 3.54. The Balaban J connectivity index is 1.74. The van der Waals surface area contributed by atoms with Gasteiger partial charge in [0.1, 0.15) is 18.2 Å². The maximum Gasteiger partial charge on any atom is 0.318 e. The number of aromatic nitrogens is 2. The van der Waals surface area contributed by atoms with Crippen LogP contribution in [-0.4, -0.2) is 36.8 Å². The van der Waals surface area contributed by atoms with Crippen molar-refractivity contribution in [3.8, 4) is 17.5 Å². The summed E-state index contributed by atoms with van der Waals surface area (Å²) < 4.78 is 16.7. The van der Waals surface area contributed by atoms with Crippen LogP contribution in [0, 0.1) is 0 Å². The largest absolute Gasteiger partial charge is 0.486 e. The lowest BCUT2D eigenvalue weighted by molar-refractivity contribution is 0.169. The average molecular weight is 348 g/mol. The molecule has 24 heavy (non-hydrogen) atoms. The molecule has 1 unspecified atom stereocenters. The second-order valence-electron chi connectivity index (χ2n) is 5.75. The van der Waals surface area contributed by atoms with Crippen LogP contribution in [0.3, 0.4) is 0 Å². The first kappa shape index (κ1) is 15.3. The molecule has 126 valence electrons. The van der Waals surface area contributed by atoms with Gasteiger partial charge in [0, 0.05) is 12.1 Å². The molecule has 3 heterocycles. The Bertz CT molecular complexity index is 756. The molecule has 7 heteroatoms. The molecule has 2 aromatic rings. The molecular formula is C17H18ClN3O3. The lowest BCUT2D eigenvalue weighted by Gasteiger charge is -2.30. The lowest BCUT2D eigenvalue weighted by atomic mass is 10.0. The van der Waals surface area contributed by atoms with E-state index < -0.39 is 0 Å². The number of para-hydroxylation sites is 1. The van der Waals surface area contributed by atoms with Gasteiger partial charge in [0.25, 0.3) is 0 Å². The van der Waals surface area contributed by atoms with Crippen LogP contribution < -0.4 is 19.1 Å². The zero-order valence-electron chi connectivity index (χ0n) is 13.4. The summed E-state index contributed by atoms with van der Waals surface area (Å²) in [5.41, 5.74) is 1.11. The number of halogens is 1. The summed E-state index contributed by atoms with van der Waals surface area (Å²) in [5.74, 6) is 2.33. The van der Waals surface area contributed by atoms with Crippen molar-refractivity contribution in [1.82, 2.24) is 9.97 Å². The number of anilines is 1. The van der Waals surface area contributed by atoms with Crippen molar-refractivity contribution in [3.63, 3.8) is 0 Å². The molecule has 1 fully saturated rings. The Morgan fingerprint density at radius 3 is 3.04 bits per heavy atom. The third kappa shape index (κ3) is 2.60. The third-order valence-electron chi connectivity index (χ3n) is 4.37. The highest BCUT2D eigenvalue weighted by Crippen LogP contribution is 2.45. The Morgan fingerprint density at radius 1 is 1.29 bits per heavy atom. The predicted octanol–water partition coefficient (Wildman–Crippen LogP) is 3.25. The van der Waals surface area contributed by atoms with Gasteiger partial charge >= 0.3 is 6.01 Å². The molecule has 1 atom stereocenters. The zero-order chi connectivity index (χ0) is 16.5. The molecule has 0 bridgehead atoms. The Morgan fingerprint density at radius 2 is 2.17 bits per heavy atom. The van der Waals surface area contributed by atoms with Crippen molar-refractivity contribution in [1.29, 1.82) is 0 Å². The second-order valence-corrected chi connectivity index (χ2v) is 6.16. The van der Waals surface area contributed by atoms with Gasteiger partial charge in [-0.1, -0.05) is 23.7 Å². The molecule has 0 amide bonds. The number of ether oxygens (including phenoxy) is 3. The standard InChI is InChI=1S/C17H18ClN3O3/c1-22-17-19-10-12(18)16(20-17)21-7-3-5-13(21)11-4-2-6-14-15(11)24-9-8-23-14/h2,4,6,10,13H,3,5,7-9H2,1H3. The van der Waals surface area contributed by atoms with Gasteiger partial charge in [-0.3, -0.25) is 0 Å². The molecule has 6 nitrogen and oxygen atoms in total. The summed E-state index contributed by atoms with van der Waals surface area (Å²) in [7, 11) is 1.55. The van der Waals surface area contributed by atoms with E-state index in [1.54, 1.807) is 13.3 Å². The first-order valence-electron chi connectivity index (χ1n) is 7.99. The topological polar surface area (TPSA) is 56.7 Å². The highest BCUT2D eigenvalue weighted by atomic mass is 35.5. The normalized spacial score (nSPS) is 19.4. The number of benzene rings is 1. The first-order chi connectivity index (χ1) is 11.8. The molecule has 0 saturated carbocycles. The van der Waals surface area contributed by atoms with E-state index in [9.17, 15) is 0 Å². The van der Waals surface area contributed by atoms with Crippen molar-refractivity contribution < 1.29 is 14.2 Å². The number of rotatable bonds is 3. The maximum atomic E-state index is 6.35. The first-order valence-corrected chi connectivity index (χ1v) is 8.37. The Kier molecular flexibility index (Phi) is 4.06. The number of hydrogen-bond donors (Lipinski definition) is 0. The van der Waals surface area contributed by atoms with Crippen molar-refractivity contribution in [3.05, 3.63) is 35.0 Å². The van der Waals surface area contributed by atoms with Crippen LogP contribution in [0.25, 0.3) is 0 Å². The van der Waals surface area contributed by atoms with Crippen molar-refractivity contribution in [2.45, 2.75) is 18.9 Å².